The molecule has 1 atom stereocenters. The molecule has 0 saturated heterocycles. The first-order valence-electron chi connectivity index (χ1n) is 6.70. The van der Waals surface area contributed by atoms with Crippen molar-refractivity contribution in [1.29, 1.82) is 0 Å². The third-order valence-electron chi connectivity index (χ3n) is 3.74. The fourth-order valence-corrected chi connectivity index (χ4v) is 4.48. The number of hydrogen-bond acceptors (Lipinski definition) is 3. The SMILES string of the molecule is C[C@@H](C(=O)Nc1ccc(Cl)cc1)S(=O)(=O)C1CCCC1. The van der Waals surface area contributed by atoms with E-state index in [0.29, 0.717) is 23.6 Å². The molecule has 0 spiro atoms. The molecular formula is C14H18ClNO3S. The van der Waals surface area contributed by atoms with Crippen molar-refractivity contribution >= 4 is 33.0 Å². The quantitative estimate of drug-likeness (QED) is 0.929. The van der Waals surface area contributed by atoms with Crippen LogP contribution in [0.1, 0.15) is 32.6 Å². The standard InChI is InChI=1S/C14H18ClNO3S/c1-10(20(18,19)13-4-2-3-5-13)14(17)16-12-8-6-11(15)7-9-12/h6-10,13H,2-5H2,1H3,(H,16,17)/t10-/m0/s1. The molecule has 0 bridgehead atoms. The molecule has 0 radical (unpaired) electrons. The summed E-state index contributed by atoms with van der Waals surface area (Å²) in [5.74, 6) is -0.487. The molecule has 1 amide bonds. The number of nitrogens with one attached hydrogen (secondary N) is 1. The van der Waals surface area contributed by atoms with Crippen LogP contribution in [0.3, 0.4) is 0 Å². The van der Waals surface area contributed by atoms with Gasteiger partial charge in [-0.3, -0.25) is 4.79 Å². The lowest BCUT2D eigenvalue weighted by atomic mass is 10.3. The van der Waals surface area contributed by atoms with Crippen molar-refractivity contribution in [1.82, 2.24) is 0 Å². The van der Waals surface area contributed by atoms with Gasteiger partial charge in [-0.2, -0.15) is 0 Å². The predicted molar refractivity (Wildman–Crippen MR) is 80.7 cm³/mol. The van der Waals surface area contributed by atoms with Crippen molar-refractivity contribution in [3.8, 4) is 0 Å². The molecule has 1 aliphatic rings. The van der Waals surface area contributed by atoms with Gasteiger partial charge < -0.3 is 5.32 Å². The lowest BCUT2D eigenvalue weighted by Gasteiger charge is -2.17. The Hall–Kier alpha value is -1.07. The molecule has 1 fully saturated rings. The van der Waals surface area contributed by atoms with E-state index >= 15 is 0 Å². The number of rotatable bonds is 4. The molecule has 6 heteroatoms. The van der Waals surface area contributed by atoms with E-state index in [1.165, 1.54) is 6.92 Å². The van der Waals surface area contributed by atoms with Gasteiger partial charge in [-0.05, 0) is 44.0 Å². The van der Waals surface area contributed by atoms with Crippen LogP contribution >= 0.6 is 11.6 Å². The van der Waals surface area contributed by atoms with Gasteiger partial charge in [0.1, 0.15) is 5.25 Å². The number of anilines is 1. The second-order valence-corrected chi connectivity index (χ2v) is 8.12. The molecule has 4 nitrogen and oxygen atoms in total. The summed E-state index contributed by atoms with van der Waals surface area (Å²) in [5, 5.41) is 1.79. The number of carbonyl (C=O) groups is 1. The second-order valence-electron chi connectivity index (χ2n) is 5.13. The van der Waals surface area contributed by atoms with Crippen molar-refractivity contribution < 1.29 is 13.2 Å². The highest BCUT2D eigenvalue weighted by Crippen LogP contribution is 2.27. The van der Waals surface area contributed by atoms with Crippen LogP contribution in [0.25, 0.3) is 0 Å². The van der Waals surface area contributed by atoms with Gasteiger partial charge in [0.2, 0.25) is 5.91 Å². The van der Waals surface area contributed by atoms with Crippen molar-refractivity contribution in [2.24, 2.45) is 0 Å². The van der Waals surface area contributed by atoms with Gasteiger partial charge in [0.05, 0.1) is 5.25 Å². The minimum atomic E-state index is -3.40. The lowest BCUT2D eigenvalue weighted by Crippen LogP contribution is -2.37. The number of halogens is 1. The molecule has 20 heavy (non-hydrogen) atoms. The average molecular weight is 316 g/mol. The molecule has 110 valence electrons. The molecule has 0 aliphatic heterocycles. The van der Waals surface area contributed by atoms with Crippen molar-refractivity contribution in [3.05, 3.63) is 29.3 Å². The van der Waals surface area contributed by atoms with E-state index in [-0.39, 0.29) is 5.25 Å². The normalized spacial score (nSPS) is 17.9. The van der Waals surface area contributed by atoms with Crippen molar-refractivity contribution in [2.75, 3.05) is 5.32 Å². The summed E-state index contributed by atoms with van der Waals surface area (Å²) >= 11 is 5.76. The second kappa shape index (κ2) is 6.14. The van der Waals surface area contributed by atoms with E-state index in [9.17, 15) is 13.2 Å². The maximum absolute atomic E-state index is 12.3. The van der Waals surface area contributed by atoms with Crippen LogP contribution in [0.4, 0.5) is 5.69 Å². The smallest absolute Gasteiger partial charge is 0.242 e. The van der Waals surface area contributed by atoms with Crippen LogP contribution in [-0.4, -0.2) is 24.8 Å². The summed E-state index contributed by atoms with van der Waals surface area (Å²) in [7, 11) is -3.40. The van der Waals surface area contributed by atoms with Gasteiger partial charge in [0.15, 0.2) is 9.84 Å². The van der Waals surface area contributed by atoms with Crippen LogP contribution in [0, 0.1) is 0 Å². The Morgan fingerprint density at radius 1 is 1.25 bits per heavy atom. The molecule has 1 aliphatic carbocycles. The summed E-state index contributed by atoms with van der Waals surface area (Å²) in [6.07, 6.45) is 3.19. The van der Waals surface area contributed by atoms with Gasteiger partial charge in [-0.15, -0.1) is 0 Å². The Morgan fingerprint density at radius 2 is 1.80 bits per heavy atom. The molecule has 1 saturated carbocycles. The zero-order chi connectivity index (χ0) is 14.8. The highest BCUT2D eigenvalue weighted by atomic mass is 35.5. The van der Waals surface area contributed by atoms with Crippen LogP contribution in [0.5, 0.6) is 0 Å². The van der Waals surface area contributed by atoms with E-state index in [2.05, 4.69) is 5.32 Å². The third-order valence-corrected chi connectivity index (χ3v) is 6.59. The molecule has 1 N–H and O–H groups in total. The minimum Gasteiger partial charge on any atom is -0.325 e. The van der Waals surface area contributed by atoms with Gasteiger partial charge in [0.25, 0.3) is 0 Å². The topological polar surface area (TPSA) is 63.2 Å². The average Bonchev–Trinajstić information content (AvgIpc) is 2.95. The van der Waals surface area contributed by atoms with E-state index in [4.69, 9.17) is 11.6 Å². The zero-order valence-electron chi connectivity index (χ0n) is 11.3. The maximum Gasteiger partial charge on any atom is 0.242 e. The molecule has 2 rings (SSSR count). The summed E-state index contributed by atoms with van der Waals surface area (Å²) in [6.45, 7) is 1.46. The molecule has 0 aromatic heterocycles. The zero-order valence-corrected chi connectivity index (χ0v) is 12.9. The number of hydrogen-bond donors (Lipinski definition) is 1. The summed E-state index contributed by atoms with van der Waals surface area (Å²) in [6, 6.07) is 6.59. The third kappa shape index (κ3) is 3.33. The fraction of sp³-hybridized carbons (Fsp3) is 0.500. The lowest BCUT2D eigenvalue weighted by molar-refractivity contribution is -0.115. The Morgan fingerprint density at radius 3 is 2.35 bits per heavy atom. The molecular weight excluding hydrogens is 298 g/mol. The van der Waals surface area contributed by atoms with Crippen LogP contribution < -0.4 is 5.32 Å². The van der Waals surface area contributed by atoms with Crippen LogP contribution in [-0.2, 0) is 14.6 Å². The van der Waals surface area contributed by atoms with Crippen LogP contribution in [0.2, 0.25) is 5.02 Å². The summed E-state index contributed by atoms with van der Waals surface area (Å²) in [5.41, 5.74) is 0.549. The highest BCUT2D eigenvalue weighted by molar-refractivity contribution is 7.93. The van der Waals surface area contributed by atoms with E-state index in [1.807, 2.05) is 0 Å². The largest absolute Gasteiger partial charge is 0.325 e. The number of benzene rings is 1. The monoisotopic (exact) mass is 315 g/mol. The maximum atomic E-state index is 12.3. The van der Waals surface area contributed by atoms with Gasteiger partial charge in [-0.1, -0.05) is 24.4 Å². The van der Waals surface area contributed by atoms with E-state index in [0.717, 1.165) is 12.8 Å². The highest BCUT2D eigenvalue weighted by Gasteiger charge is 2.37. The van der Waals surface area contributed by atoms with E-state index in [1.54, 1.807) is 24.3 Å². The number of carbonyl (C=O) groups excluding carboxylic acids is 1. The number of amides is 1. The fourth-order valence-electron chi connectivity index (χ4n) is 2.43. The van der Waals surface area contributed by atoms with Gasteiger partial charge >= 0.3 is 0 Å². The van der Waals surface area contributed by atoms with Gasteiger partial charge in [-0.25, -0.2) is 8.42 Å². The Kier molecular flexibility index (Phi) is 4.70. The van der Waals surface area contributed by atoms with Crippen molar-refractivity contribution in [3.63, 3.8) is 0 Å². The van der Waals surface area contributed by atoms with Crippen LogP contribution in [0.15, 0.2) is 24.3 Å². The Bertz CT molecular complexity index is 577. The van der Waals surface area contributed by atoms with Gasteiger partial charge in [0, 0.05) is 10.7 Å². The first kappa shape index (κ1) is 15.3. The predicted octanol–water partition coefficient (Wildman–Crippen LogP) is 3.02. The first-order chi connectivity index (χ1) is 9.41. The summed E-state index contributed by atoms with van der Waals surface area (Å²) in [4.78, 5) is 12.1. The molecule has 0 unspecified atom stereocenters. The first-order valence-corrected chi connectivity index (χ1v) is 8.69. The van der Waals surface area contributed by atoms with Crippen molar-refractivity contribution in [2.45, 2.75) is 43.1 Å². The van der Waals surface area contributed by atoms with E-state index < -0.39 is 21.0 Å². The Balaban J connectivity index is 2.06. The molecule has 0 heterocycles. The number of sulfone groups is 1. The minimum absolute atomic E-state index is 0.367. The molecule has 1 aromatic rings. The Labute approximate surface area is 124 Å². The summed E-state index contributed by atoms with van der Waals surface area (Å²) < 4.78 is 24.7. The molecule has 1 aromatic carbocycles.